The van der Waals surface area contributed by atoms with Gasteiger partial charge in [-0.3, -0.25) is 9.59 Å². The van der Waals surface area contributed by atoms with E-state index in [1.54, 1.807) is 25.1 Å². The molecule has 0 radical (unpaired) electrons. The lowest BCUT2D eigenvalue weighted by molar-refractivity contribution is -0.139. The van der Waals surface area contributed by atoms with E-state index in [9.17, 15) is 14.0 Å². The predicted molar refractivity (Wildman–Crippen MR) is 103 cm³/mol. The molecular weight excluding hydrogens is 343 g/mol. The van der Waals surface area contributed by atoms with E-state index < -0.39 is 11.8 Å². The molecule has 0 bridgehead atoms. The molecule has 0 spiro atoms. The molecule has 0 aliphatic carbocycles. The Morgan fingerprint density at radius 2 is 1.63 bits per heavy atom. The molecule has 140 valence electrons. The Bertz CT molecular complexity index is 940. The summed E-state index contributed by atoms with van der Waals surface area (Å²) in [4.78, 5) is 23.1. The number of hydrogen-bond donors (Lipinski definition) is 0. The summed E-state index contributed by atoms with van der Waals surface area (Å²) in [6.07, 6.45) is -0.114. The third kappa shape index (κ3) is 5.27. The maximum atomic E-state index is 14.1. The molecule has 0 unspecified atom stereocenters. The van der Waals surface area contributed by atoms with Crippen molar-refractivity contribution in [1.29, 1.82) is 0 Å². The molecule has 2 aromatic rings. The number of Topliss-reactive ketones (excluding diaryl/α,β-unsaturated/α-hetero) is 1. The lowest BCUT2D eigenvalue weighted by atomic mass is 9.82. The molecule has 0 fully saturated rings. The van der Waals surface area contributed by atoms with Gasteiger partial charge in [0.2, 0.25) is 0 Å². The van der Waals surface area contributed by atoms with Crippen LogP contribution in [0, 0.1) is 17.7 Å². The number of methoxy groups -OCH3 is 1. The predicted octanol–water partition coefficient (Wildman–Crippen LogP) is 4.44. The van der Waals surface area contributed by atoms with Gasteiger partial charge in [-0.05, 0) is 53.8 Å². The molecule has 0 N–H and O–H groups in total. The maximum Gasteiger partial charge on any atom is 0.310 e. The van der Waals surface area contributed by atoms with Crippen LogP contribution in [-0.4, -0.2) is 18.9 Å². The van der Waals surface area contributed by atoms with Gasteiger partial charge in [0.05, 0.1) is 13.5 Å². The fourth-order valence-electron chi connectivity index (χ4n) is 2.69. The van der Waals surface area contributed by atoms with Crippen molar-refractivity contribution < 1.29 is 18.7 Å². The minimum absolute atomic E-state index is 0.0164. The Morgan fingerprint density at radius 1 is 1.04 bits per heavy atom. The van der Waals surface area contributed by atoms with Crippen molar-refractivity contribution in [2.45, 2.75) is 39.5 Å². The Hall–Kier alpha value is -2.93. The first-order valence-corrected chi connectivity index (χ1v) is 8.64. The molecular formula is C23H23FO3. The Labute approximate surface area is 159 Å². The topological polar surface area (TPSA) is 43.4 Å². The maximum absolute atomic E-state index is 14.1. The van der Waals surface area contributed by atoms with Gasteiger partial charge >= 0.3 is 5.97 Å². The largest absolute Gasteiger partial charge is 0.469 e. The van der Waals surface area contributed by atoms with E-state index in [1.165, 1.54) is 19.2 Å². The molecule has 0 aliphatic heterocycles. The van der Waals surface area contributed by atoms with E-state index in [0.29, 0.717) is 11.1 Å². The molecule has 27 heavy (non-hydrogen) atoms. The average Bonchev–Trinajstić information content (AvgIpc) is 2.60. The number of rotatable bonds is 3. The van der Waals surface area contributed by atoms with E-state index in [1.807, 2.05) is 26.8 Å². The lowest BCUT2D eigenvalue weighted by Crippen LogP contribution is -2.16. The van der Waals surface area contributed by atoms with E-state index in [-0.39, 0.29) is 23.2 Å². The van der Waals surface area contributed by atoms with Crippen molar-refractivity contribution in [3.8, 4) is 11.8 Å². The third-order valence-electron chi connectivity index (χ3n) is 4.17. The fourth-order valence-corrected chi connectivity index (χ4v) is 2.69. The summed E-state index contributed by atoms with van der Waals surface area (Å²) in [6.45, 7) is 7.68. The van der Waals surface area contributed by atoms with Gasteiger partial charge in [-0.2, -0.15) is 0 Å². The van der Waals surface area contributed by atoms with Crippen LogP contribution in [0.4, 0.5) is 4.39 Å². The van der Waals surface area contributed by atoms with Crippen molar-refractivity contribution in [2.75, 3.05) is 7.11 Å². The van der Waals surface area contributed by atoms with E-state index in [4.69, 9.17) is 0 Å². The SMILES string of the molecule is COC(=O)Cc1ccc(C#Cc2ccc(C(C)=O)c(C(C)(C)C)c2)cc1F. The van der Waals surface area contributed by atoms with Crippen molar-refractivity contribution in [1.82, 2.24) is 0 Å². The normalized spacial score (nSPS) is 10.7. The number of esters is 1. The monoisotopic (exact) mass is 366 g/mol. The zero-order valence-electron chi connectivity index (χ0n) is 16.3. The van der Waals surface area contributed by atoms with Crippen LogP contribution >= 0.6 is 0 Å². The quantitative estimate of drug-likeness (QED) is 0.458. The summed E-state index contributed by atoms with van der Waals surface area (Å²) in [6, 6.07) is 10.00. The Morgan fingerprint density at radius 3 is 2.15 bits per heavy atom. The Balaban J connectivity index is 2.34. The molecule has 2 aromatic carbocycles. The molecule has 3 nitrogen and oxygen atoms in total. The van der Waals surface area contributed by atoms with E-state index in [2.05, 4.69) is 16.6 Å². The van der Waals surface area contributed by atoms with E-state index >= 15 is 0 Å². The van der Waals surface area contributed by atoms with Crippen LogP contribution in [0.25, 0.3) is 0 Å². The number of ether oxygens (including phenoxy) is 1. The van der Waals surface area contributed by atoms with Gasteiger partial charge in [0.25, 0.3) is 0 Å². The second-order valence-electron chi connectivity index (χ2n) is 7.38. The smallest absolute Gasteiger partial charge is 0.310 e. The van der Waals surface area contributed by atoms with Gasteiger partial charge in [-0.25, -0.2) is 4.39 Å². The number of carbonyl (C=O) groups is 2. The minimum atomic E-state index is -0.493. The van der Waals surface area contributed by atoms with Crippen LogP contribution in [0.2, 0.25) is 0 Å². The van der Waals surface area contributed by atoms with Gasteiger partial charge < -0.3 is 4.74 Å². The molecule has 0 saturated heterocycles. The zero-order chi connectivity index (χ0) is 20.2. The molecule has 0 aromatic heterocycles. The van der Waals surface area contributed by atoms with Crippen LogP contribution in [-0.2, 0) is 21.4 Å². The van der Waals surface area contributed by atoms with Gasteiger partial charge in [0.1, 0.15) is 5.82 Å². The van der Waals surface area contributed by atoms with Crippen LogP contribution in [0.5, 0.6) is 0 Å². The number of hydrogen-bond acceptors (Lipinski definition) is 3. The molecule has 0 heterocycles. The third-order valence-corrected chi connectivity index (χ3v) is 4.17. The summed E-state index contributed by atoms with van der Waals surface area (Å²) in [7, 11) is 1.27. The molecule has 0 atom stereocenters. The highest BCUT2D eigenvalue weighted by atomic mass is 19.1. The second kappa shape index (κ2) is 8.18. The molecule has 0 aliphatic rings. The van der Waals surface area contributed by atoms with Gasteiger partial charge in [0.15, 0.2) is 5.78 Å². The Kier molecular flexibility index (Phi) is 6.17. The van der Waals surface area contributed by atoms with Gasteiger partial charge in [0, 0.05) is 16.7 Å². The van der Waals surface area contributed by atoms with Crippen LogP contribution in [0.15, 0.2) is 36.4 Å². The molecule has 2 rings (SSSR count). The van der Waals surface area contributed by atoms with Crippen molar-refractivity contribution in [3.63, 3.8) is 0 Å². The van der Waals surface area contributed by atoms with Crippen LogP contribution in [0.1, 0.15) is 60.3 Å². The second-order valence-corrected chi connectivity index (χ2v) is 7.38. The highest BCUT2D eigenvalue weighted by molar-refractivity contribution is 5.96. The summed E-state index contributed by atoms with van der Waals surface area (Å²) < 4.78 is 18.7. The first-order chi connectivity index (χ1) is 12.6. The average molecular weight is 366 g/mol. The first kappa shape index (κ1) is 20.4. The molecule has 0 amide bonds. The van der Waals surface area contributed by atoms with Crippen LogP contribution in [0.3, 0.4) is 0 Å². The summed E-state index contributed by atoms with van der Waals surface area (Å²) in [5.74, 6) is 4.98. The van der Waals surface area contributed by atoms with E-state index in [0.717, 1.165) is 11.1 Å². The standard InChI is InChI=1S/C23H23FO3/c1-15(25)19-11-9-16(12-20(19)23(2,3)4)6-7-17-8-10-18(21(24)13-17)14-22(26)27-5/h8-13H,14H2,1-5H3. The summed E-state index contributed by atoms with van der Waals surface area (Å²) in [5, 5.41) is 0. The molecule has 0 saturated carbocycles. The number of halogens is 1. The van der Waals surface area contributed by atoms with Gasteiger partial charge in [-0.1, -0.05) is 38.7 Å². The first-order valence-electron chi connectivity index (χ1n) is 8.64. The fraction of sp³-hybridized carbons (Fsp3) is 0.304. The molecule has 4 heteroatoms. The number of benzene rings is 2. The highest BCUT2D eigenvalue weighted by Gasteiger charge is 2.20. The number of carbonyl (C=O) groups excluding carboxylic acids is 2. The van der Waals surface area contributed by atoms with Crippen molar-refractivity contribution in [2.24, 2.45) is 0 Å². The summed E-state index contributed by atoms with van der Waals surface area (Å²) >= 11 is 0. The minimum Gasteiger partial charge on any atom is -0.469 e. The number of ketones is 1. The lowest BCUT2D eigenvalue weighted by Gasteiger charge is -2.22. The summed E-state index contributed by atoms with van der Waals surface area (Å²) in [5.41, 5.74) is 2.96. The van der Waals surface area contributed by atoms with Crippen molar-refractivity contribution >= 4 is 11.8 Å². The van der Waals surface area contributed by atoms with Gasteiger partial charge in [-0.15, -0.1) is 0 Å². The van der Waals surface area contributed by atoms with Crippen molar-refractivity contribution in [3.05, 3.63) is 70.0 Å². The zero-order valence-corrected chi connectivity index (χ0v) is 16.3. The highest BCUT2D eigenvalue weighted by Crippen LogP contribution is 2.27. The van der Waals surface area contributed by atoms with Crippen LogP contribution < -0.4 is 0 Å².